The highest BCUT2D eigenvalue weighted by Crippen LogP contribution is 2.20. The van der Waals surface area contributed by atoms with Gasteiger partial charge in [-0.15, -0.1) is 0 Å². The molecule has 3 nitrogen and oxygen atoms in total. The van der Waals surface area contributed by atoms with Crippen LogP contribution in [0.15, 0.2) is 0 Å². The number of aliphatic carboxylic acids is 1. The van der Waals surface area contributed by atoms with Gasteiger partial charge in [-0.05, 0) is 31.7 Å². The maximum Gasteiger partial charge on any atom is 0.303 e. The van der Waals surface area contributed by atoms with Gasteiger partial charge < -0.3 is 10.0 Å². The van der Waals surface area contributed by atoms with Crippen molar-refractivity contribution in [1.29, 1.82) is 0 Å². The van der Waals surface area contributed by atoms with E-state index in [2.05, 4.69) is 11.8 Å². The summed E-state index contributed by atoms with van der Waals surface area (Å²) in [4.78, 5) is 12.8. The molecule has 1 aliphatic heterocycles. The van der Waals surface area contributed by atoms with Crippen molar-refractivity contribution in [3.05, 3.63) is 0 Å². The molecule has 1 aliphatic rings. The molecular formula is C13H25NO2. The van der Waals surface area contributed by atoms with Gasteiger partial charge in [-0.2, -0.15) is 0 Å². The highest BCUT2D eigenvalue weighted by molar-refractivity contribution is 5.66. The number of hydrogen-bond acceptors (Lipinski definition) is 2. The number of rotatable bonds is 9. The van der Waals surface area contributed by atoms with Gasteiger partial charge in [0.15, 0.2) is 0 Å². The van der Waals surface area contributed by atoms with E-state index in [0.29, 0.717) is 6.42 Å². The molecule has 3 heteroatoms. The minimum Gasteiger partial charge on any atom is -0.481 e. The second kappa shape index (κ2) is 7.66. The number of likely N-dealkylation sites (tertiary alicyclic amines) is 1. The molecule has 0 aliphatic carbocycles. The monoisotopic (exact) mass is 227 g/mol. The van der Waals surface area contributed by atoms with Gasteiger partial charge in [0.05, 0.1) is 0 Å². The molecule has 0 unspecified atom stereocenters. The number of carboxylic acids is 1. The fourth-order valence-corrected chi connectivity index (χ4v) is 2.42. The number of unbranched alkanes of at least 4 members (excludes halogenated alkanes) is 3. The van der Waals surface area contributed by atoms with Crippen LogP contribution in [0.3, 0.4) is 0 Å². The van der Waals surface area contributed by atoms with Crippen molar-refractivity contribution in [2.24, 2.45) is 5.92 Å². The third-order valence-electron chi connectivity index (χ3n) is 3.34. The van der Waals surface area contributed by atoms with E-state index in [9.17, 15) is 4.79 Å². The molecule has 0 aromatic rings. The summed E-state index contributed by atoms with van der Waals surface area (Å²) in [6.07, 6.45) is 7.36. The molecular weight excluding hydrogens is 202 g/mol. The maximum absolute atomic E-state index is 10.3. The summed E-state index contributed by atoms with van der Waals surface area (Å²) in [6, 6.07) is 0. The summed E-state index contributed by atoms with van der Waals surface area (Å²) >= 11 is 0. The molecule has 94 valence electrons. The van der Waals surface area contributed by atoms with Crippen LogP contribution >= 0.6 is 0 Å². The quantitative estimate of drug-likeness (QED) is 0.616. The summed E-state index contributed by atoms with van der Waals surface area (Å²) in [7, 11) is 0. The molecule has 1 saturated heterocycles. The van der Waals surface area contributed by atoms with Gasteiger partial charge in [0.2, 0.25) is 0 Å². The standard InChI is InChI=1S/C13H25NO2/c1-2-7-12-10-14(11-12)9-6-4-3-5-8-13(15)16/h12H,2-11H2,1H3,(H,15,16). The fraction of sp³-hybridized carbons (Fsp3) is 0.923. The van der Waals surface area contributed by atoms with E-state index < -0.39 is 5.97 Å². The van der Waals surface area contributed by atoms with Gasteiger partial charge in [-0.25, -0.2) is 0 Å². The molecule has 0 amide bonds. The predicted molar refractivity (Wildman–Crippen MR) is 65.6 cm³/mol. The Hall–Kier alpha value is -0.570. The zero-order valence-corrected chi connectivity index (χ0v) is 10.5. The molecule has 1 N–H and O–H groups in total. The van der Waals surface area contributed by atoms with Crippen LogP contribution in [0, 0.1) is 5.92 Å². The largest absolute Gasteiger partial charge is 0.481 e. The first-order chi connectivity index (χ1) is 7.72. The fourth-order valence-electron chi connectivity index (χ4n) is 2.42. The first-order valence-corrected chi connectivity index (χ1v) is 6.66. The molecule has 0 atom stereocenters. The zero-order valence-electron chi connectivity index (χ0n) is 10.5. The normalized spacial score (nSPS) is 17.3. The molecule has 1 rings (SSSR count). The Morgan fingerprint density at radius 1 is 1.25 bits per heavy atom. The molecule has 1 heterocycles. The van der Waals surface area contributed by atoms with E-state index >= 15 is 0 Å². The summed E-state index contributed by atoms with van der Waals surface area (Å²) < 4.78 is 0. The van der Waals surface area contributed by atoms with Crippen LogP contribution < -0.4 is 0 Å². The Balaban J connectivity index is 1.81. The summed E-state index contributed by atoms with van der Waals surface area (Å²) in [5.74, 6) is 0.294. The average molecular weight is 227 g/mol. The zero-order chi connectivity index (χ0) is 11.8. The SMILES string of the molecule is CCCC1CN(CCCCCCC(=O)O)C1. The topological polar surface area (TPSA) is 40.5 Å². The summed E-state index contributed by atoms with van der Waals surface area (Å²) in [5.41, 5.74) is 0. The number of carboxylic acid groups (broad SMARTS) is 1. The Morgan fingerprint density at radius 2 is 1.94 bits per heavy atom. The van der Waals surface area contributed by atoms with Crippen molar-refractivity contribution >= 4 is 5.97 Å². The van der Waals surface area contributed by atoms with Gasteiger partial charge in [0, 0.05) is 19.5 Å². The third kappa shape index (κ3) is 5.50. The molecule has 0 radical (unpaired) electrons. The molecule has 16 heavy (non-hydrogen) atoms. The van der Waals surface area contributed by atoms with E-state index in [0.717, 1.165) is 18.8 Å². The number of nitrogens with zero attached hydrogens (tertiary/aromatic N) is 1. The van der Waals surface area contributed by atoms with Crippen molar-refractivity contribution in [1.82, 2.24) is 4.90 Å². The van der Waals surface area contributed by atoms with Crippen LogP contribution in [-0.4, -0.2) is 35.6 Å². The minimum absolute atomic E-state index is 0.336. The van der Waals surface area contributed by atoms with Crippen LogP contribution in [0.5, 0.6) is 0 Å². The average Bonchev–Trinajstić information content (AvgIpc) is 2.18. The Morgan fingerprint density at radius 3 is 2.56 bits per heavy atom. The first-order valence-electron chi connectivity index (χ1n) is 6.66. The Labute approximate surface area is 98.8 Å². The van der Waals surface area contributed by atoms with Crippen molar-refractivity contribution in [2.45, 2.75) is 51.9 Å². The van der Waals surface area contributed by atoms with Crippen molar-refractivity contribution in [3.8, 4) is 0 Å². The van der Waals surface area contributed by atoms with Gasteiger partial charge in [0.1, 0.15) is 0 Å². The third-order valence-corrected chi connectivity index (χ3v) is 3.34. The van der Waals surface area contributed by atoms with E-state index in [1.54, 1.807) is 0 Å². The van der Waals surface area contributed by atoms with E-state index in [1.807, 2.05) is 0 Å². The van der Waals surface area contributed by atoms with Crippen molar-refractivity contribution in [2.75, 3.05) is 19.6 Å². The number of hydrogen-bond donors (Lipinski definition) is 1. The van der Waals surface area contributed by atoms with Crippen LogP contribution in [-0.2, 0) is 4.79 Å². The molecule has 1 fully saturated rings. The summed E-state index contributed by atoms with van der Waals surface area (Å²) in [5, 5.41) is 8.48. The molecule has 0 aromatic heterocycles. The molecule has 0 saturated carbocycles. The highest BCUT2D eigenvalue weighted by atomic mass is 16.4. The smallest absolute Gasteiger partial charge is 0.303 e. The molecule has 0 aromatic carbocycles. The van der Waals surface area contributed by atoms with Gasteiger partial charge in [-0.3, -0.25) is 4.79 Å². The van der Waals surface area contributed by atoms with Crippen molar-refractivity contribution in [3.63, 3.8) is 0 Å². The lowest BCUT2D eigenvalue weighted by Gasteiger charge is -2.39. The van der Waals surface area contributed by atoms with E-state index in [1.165, 1.54) is 45.3 Å². The second-order valence-electron chi connectivity index (χ2n) is 4.97. The van der Waals surface area contributed by atoms with Crippen LogP contribution in [0.25, 0.3) is 0 Å². The van der Waals surface area contributed by atoms with Crippen LogP contribution in [0.4, 0.5) is 0 Å². The lowest BCUT2D eigenvalue weighted by Crippen LogP contribution is -2.46. The predicted octanol–water partition coefficient (Wildman–Crippen LogP) is 2.75. The van der Waals surface area contributed by atoms with Gasteiger partial charge >= 0.3 is 5.97 Å². The Kier molecular flexibility index (Phi) is 6.46. The number of carbonyl (C=O) groups is 1. The maximum atomic E-state index is 10.3. The lowest BCUT2D eigenvalue weighted by atomic mass is 9.95. The van der Waals surface area contributed by atoms with Gasteiger partial charge in [-0.1, -0.05) is 26.2 Å². The highest BCUT2D eigenvalue weighted by Gasteiger charge is 2.24. The molecule has 0 bridgehead atoms. The molecule has 0 spiro atoms. The van der Waals surface area contributed by atoms with Crippen LogP contribution in [0.1, 0.15) is 51.9 Å². The Bertz CT molecular complexity index is 200. The van der Waals surface area contributed by atoms with E-state index in [4.69, 9.17) is 5.11 Å². The van der Waals surface area contributed by atoms with Crippen LogP contribution in [0.2, 0.25) is 0 Å². The first kappa shape index (κ1) is 13.5. The van der Waals surface area contributed by atoms with E-state index in [-0.39, 0.29) is 0 Å². The summed E-state index contributed by atoms with van der Waals surface area (Å²) in [6.45, 7) is 6.06. The minimum atomic E-state index is -0.662. The lowest BCUT2D eigenvalue weighted by molar-refractivity contribution is -0.137. The van der Waals surface area contributed by atoms with Crippen molar-refractivity contribution < 1.29 is 9.90 Å². The van der Waals surface area contributed by atoms with Gasteiger partial charge in [0.25, 0.3) is 0 Å². The second-order valence-corrected chi connectivity index (χ2v) is 4.97.